The first kappa shape index (κ1) is 25.9. The highest BCUT2D eigenvalue weighted by atomic mass is 16.7. The summed E-state index contributed by atoms with van der Waals surface area (Å²) in [4.78, 5) is 31.5. The molecule has 2 aromatic carbocycles. The summed E-state index contributed by atoms with van der Waals surface area (Å²) in [6.07, 6.45) is 2.26. The normalized spacial score (nSPS) is 28.3. The quantitative estimate of drug-likeness (QED) is 0.510. The predicted octanol–water partition coefficient (Wildman–Crippen LogP) is 5.86. The molecular weight excluding hydrogens is 428 g/mol. The van der Waals surface area contributed by atoms with Gasteiger partial charge >= 0.3 is 5.97 Å². The zero-order chi connectivity index (χ0) is 25.1. The number of carbonyl (C=O) groups is 2. The van der Waals surface area contributed by atoms with Crippen LogP contribution in [-0.2, 0) is 4.84 Å². The number of amides is 1. The lowest BCUT2D eigenvalue weighted by Crippen LogP contribution is -2.70. The Kier molecular flexibility index (Phi) is 7.84. The van der Waals surface area contributed by atoms with Gasteiger partial charge in [-0.15, -0.1) is 0 Å². The van der Waals surface area contributed by atoms with Gasteiger partial charge in [-0.3, -0.25) is 9.63 Å². The number of benzene rings is 2. The molecule has 2 aromatic rings. The fourth-order valence-corrected chi connectivity index (χ4v) is 5.20. The van der Waals surface area contributed by atoms with Crippen LogP contribution in [0.5, 0.6) is 0 Å². The van der Waals surface area contributed by atoms with E-state index in [-0.39, 0.29) is 46.2 Å². The van der Waals surface area contributed by atoms with E-state index in [1.165, 1.54) is 6.07 Å². The van der Waals surface area contributed by atoms with E-state index in [0.717, 1.165) is 18.4 Å². The van der Waals surface area contributed by atoms with Gasteiger partial charge in [0.25, 0.3) is 5.91 Å². The number of nitrogens with zero attached hydrogens (tertiary/aromatic N) is 1. The molecule has 34 heavy (non-hydrogen) atoms. The maximum atomic E-state index is 13.2. The van der Waals surface area contributed by atoms with Gasteiger partial charge < -0.3 is 10.4 Å². The molecule has 0 aromatic heterocycles. The van der Waals surface area contributed by atoms with E-state index in [1.54, 1.807) is 18.2 Å². The minimum absolute atomic E-state index is 0.0154. The molecular formula is C28H38N2O4. The fourth-order valence-electron chi connectivity index (χ4n) is 5.20. The standard InChI is InChI=1S/C28H38N2O4/c1-7-27(5)18-24(29-25(31)22-16-12-13-17-23(22)26(32)33)19(3)28(6,8-2)30(27)34-20(4)21-14-10-9-11-15-21/h9-17,19-20,24H,7-8,18H2,1-6H3,(H,29,31)(H,32,33). The van der Waals surface area contributed by atoms with Crippen molar-refractivity contribution < 1.29 is 19.5 Å². The summed E-state index contributed by atoms with van der Waals surface area (Å²) in [7, 11) is 0. The van der Waals surface area contributed by atoms with Crippen molar-refractivity contribution in [3.8, 4) is 0 Å². The Morgan fingerprint density at radius 1 is 1.06 bits per heavy atom. The molecule has 2 N–H and O–H groups in total. The van der Waals surface area contributed by atoms with E-state index in [1.807, 2.05) is 18.2 Å². The summed E-state index contributed by atoms with van der Waals surface area (Å²) in [6.45, 7) is 12.9. The SMILES string of the molecule is CCC1(C)CC(NC(=O)c2ccccc2C(=O)O)C(C)C(C)(CC)N1OC(C)c1ccccc1. The number of piperidine rings is 1. The number of hydrogen-bond acceptors (Lipinski definition) is 4. The summed E-state index contributed by atoms with van der Waals surface area (Å²) < 4.78 is 0. The first-order valence-corrected chi connectivity index (χ1v) is 12.2. The Morgan fingerprint density at radius 3 is 2.21 bits per heavy atom. The van der Waals surface area contributed by atoms with Gasteiger partial charge in [0.15, 0.2) is 0 Å². The van der Waals surface area contributed by atoms with Crippen LogP contribution in [0.15, 0.2) is 54.6 Å². The van der Waals surface area contributed by atoms with Crippen LogP contribution in [0.1, 0.15) is 93.2 Å². The molecule has 3 rings (SSSR count). The van der Waals surface area contributed by atoms with E-state index in [2.05, 4.69) is 64.1 Å². The van der Waals surface area contributed by atoms with Gasteiger partial charge in [-0.25, -0.2) is 4.79 Å². The Bertz CT molecular complexity index is 1010. The monoisotopic (exact) mass is 466 g/mol. The van der Waals surface area contributed by atoms with E-state index in [9.17, 15) is 14.7 Å². The Balaban J connectivity index is 1.90. The average molecular weight is 467 g/mol. The predicted molar refractivity (Wildman–Crippen MR) is 134 cm³/mol. The number of hydroxylamine groups is 2. The van der Waals surface area contributed by atoms with Crippen molar-refractivity contribution in [2.75, 3.05) is 0 Å². The third kappa shape index (κ3) is 4.89. The molecule has 1 saturated heterocycles. The molecule has 5 unspecified atom stereocenters. The van der Waals surface area contributed by atoms with Crippen LogP contribution < -0.4 is 5.32 Å². The third-order valence-corrected chi connectivity index (χ3v) is 7.93. The van der Waals surface area contributed by atoms with Crippen LogP contribution in [0.3, 0.4) is 0 Å². The number of aromatic carboxylic acids is 1. The second-order valence-electron chi connectivity index (χ2n) is 9.94. The highest BCUT2D eigenvalue weighted by molar-refractivity contribution is 6.04. The fraction of sp³-hybridized carbons (Fsp3) is 0.500. The maximum Gasteiger partial charge on any atom is 0.336 e. The van der Waals surface area contributed by atoms with Crippen LogP contribution in [0.2, 0.25) is 0 Å². The Morgan fingerprint density at radius 2 is 1.65 bits per heavy atom. The molecule has 0 saturated carbocycles. The van der Waals surface area contributed by atoms with Crippen molar-refractivity contribution in [2.24, 2.45) is 5.92 Å². The van der Waals surface area contributed by atoms with Crippen LogP contribution in [0.25, 0.3) is 0 Å². The van der Waals surface area contributed by atoms with Crippen molar-refractivity contribution in [1.82, 2.24) is 10.4 Å². The first-order chi connectivity index (χ1) is 16.1. The summed E-state index contributed by atoms with van der Waals surface area (Å²) in [5.41, 5.74) is 0.672. The van der Waals surface area contributed by atoms with Gasteiger partial charge in [0.2, 0.25) is 0 Å². The lowest BCUT2D eigenvalue weighted by Gasteiger charge is -2.60. The number of rotatable bonds is 8. The van der Waals surface area contributed by atoms with E-state index in [4.69, 9.17) is 4.84 Å². The molecule has 184 valence electrons. The molecule has 1 fully saturated rings. The topological polar surface area (TPSA) is 78.9 Å². The Labute approximate surface area is 203 Å². The first-order valence-electron chi connectivity index (χ1n) is 12.2. The summed E-state index contributed by atoms with van der Waals surface area (Å²) >= 11 is 0. The van der Waals surface area contributed by atoms with Crippen molar-refractivity contribution in [1.29, 1.82) is 0 Å². The number of carboxylic acid groups (broad SMARTS) is 1. The number of nitrogens with one attached hydrogen (secondary N) is 1. The number of carboxylic acids is 1. The van der Waals surface area contributed by atoms with Gasteiger partial charge in [-0.2, -0.15) is 5.06 Å². The van der Waals surface area contributed by atoms with E-state index in [0.29, 0.717) is 6.42 Å². The lowest BCUT2D eigenvalue weighted by molar-refractivity contribution is -0.327. The summed E-state index contributed by atoms with van der Waals surface area (Å²) in [5, 5.41) is 14.9. The van der Waals surface area contributed by atoms with Crippen molar-refractivity contribution in [3.05, 3.63) is 71.3 Å². The van der Waals surface area contributed by atoms with Crippen molar-refractivity contribution in [3.63, 3.8) is 0 Å². The van der Waals surface area contributed by atoms with Gasteiger partial charge in [0, 0.05) is 17.1 Å². The molecule has 1 amide bonds. The minimum atomic E-state index is -1.10. The molecule has 0 bridgehead atoms. The van der Waals surface area contributed by atoms with Gasteiger partial charge in [0.05, 0.1) is 11.1 Å². The van der Waals surface area contributed by atoms with Crippen LogP contribution in [0, 0.1) is 5.92 Å². The van der Waals surface area contributed by atoms with E-state index >= 15 is 0 Å². The largest absolute Gasteiger partial charge is 0.478 e. The second-order valence-corrected chi connectivity index (χ2v) is 9.94. The maximum absolute atomic E-state index is 13.2. The molecule has 1 heterocycles. The zero-order valence-electron chi connectivity index (χ0n) is 21.2. The lowest BCUT2D eigenvalue weighted by atomic mass is 9.68. The summed E-state index contributed by atoms with van der Waals surface area (Å²) in [6, 6.07) is 16.4. The van der Waals surface area contributed by atoms with Crippen molar-refractivity contribution >= 4 is 11.9 Å². The van der Waals surface area contributed by atoms with Gasteiger partial charge in [-0.05, 0) is 63.6 Å². The molecule has 1 aliphatic heterocycles. The smallest absolute Gasteiger partial charge is 0.336 e. The molecule has 0 radical (unpaired) electrons. The molecule has 5 atom stereocenters. The second kappa shape index (κ2) is 10.3. The average Bonchev–Trinajstić information content (AvgIpc) is 2.85. The summed E-state index contributed by atoms with van der Waals surface area (Å²) in [5.74, 6) is -1.38. The van der Waals surface area contributed by atoms with Crippen molar-refractivity contribution in [2.45, 2.75) is 84.0 Å². The zero-order valence-corrected chi connectivity index (χ0v) is 21.2. The Hall–Kier alpha value is -2.70. The molecule has 1 aliphatic rings. The van der Waals surface area contributed by atoms with Gasteiger partial charge in [-0.1, -0.05) is 63.2 Å². The molecule has 0 aliphatic carbocycles. The number of hydrogen-bond donors (Lipinski definition) is 2. The van der Waals surface area contributed by atoms with Gasteiger partial charge in [0.1, 0.15) is 6.10 Å². The highest BCUT2D eigenvalue weighted by Gasteiger charge is 2.54. The van der Waals surface area contributed by atoms with Crippen LogP contribution in [-0.4, -0.2) is 39.2 Å². The highest BCUT2D eigenvalue weighted by Crippen LogP contribution is 2.47. The molecule has 6 nitrogen and oxygen atoms in total. The molecule has 6 heteroatoms. The van der Waals surface area contributed by atoms with E-state index < -0.39 is 5.97 Å². The van der Waals surface area contributed by atoms with Crippen LogP contribution in [0.4, 0.5) is 0 Å². The number of carbonyl (C=O) groups excluding carboxylic acids is 1. The molecule has 0 spiro atoms. The minimum Gasteiger partial charge on any atom is -0.478 e. The van der Waals surface area contributed by atoms with Crippen LogP contribution >= 0.6 is 0 Å². The third-order valence-electron chi connectivity index (χ3n) is 7.93.